The van der Waals surface area contributed by atoms with E-state index in [4.69, 9.17) is 0 Å². The molecule has 1 aromatic heterocycles. The Labute approximate surface area is 106 Å². The normalized spacial score (nSPS) is 15.9. The lowest BCUT2D eigenvalue weighted by Gasteiger charge is -2.26. The molecule has 3 rings (SSSR count). The number of piperidine rings is 1. The quantitative estimate of drug-likeness (QED) is 0.769. The van der Waals surface area contributed by atoms with Crippen LogP contribution in [0, 0.1) is 0 Å². The number of aromatic nitrogens is 2. The fourth-order valence-electron chi connectivity index (χ4n) is 2.40. The minimum atomic E-state index is 0.125. The highest BCUT2D eigenvalue weighted by atomic mass is 16.2. The average Bonchev–Trinajstić information content (AvgIpc) is 2.47. The summed E-state index contributed by atoms with van der Waals surface area (Å²) >= 11 is 0. The van der Waals surface area contributed by atoms with Crippen molar-refractivity contribution in [2.75, 3.05) is 13.1 Å². The van der Waals surface area contributed by atoms with Crippen LogP contribution in [0.2, 0.25) is 0 Å². The van der Waals surface area contributed by atoms with Crippen LogP contribution >= 0.6 is 0 Å². The monoisotopic (exact) mass is 241 g/mol. The number of rotatable bonds is 1. The number of benzene rings is 1. The highest BCUT2D eigenvalue weighted by molar-refractivity contribution is 5.97. The van der Waals surface area contributed by atoms with E-state index in [1.165, 1.54) is 12.7 Å². The number of carbonyl (C=O) groups is 1. The molecule has 1 amide bonds. The second kappa shape index (κ2) is 4.72. The smallest absolute Gasteiger partial charge is 0.253 e. The summed E-state index contributed by atoms with van der Waals surface area (Å²) in [6.45, 7) is 1.75. The third-order valence-electron chi connectivity index (χ3n) is 3.39. The van der Waals surface area contributed by atoms with Gasteiger partial charge in [0.05, 0.1) is 5.52 Å². The molecule has 0 aliphatic carbocycles. The van der Waals surface area contributed by atoms with Gasteiger partial charge < -0.3 is 4.90 Å². The van der Waals surface area contributed by atoms with Gasteiger partial charge in [0, 0.05) is 30.2 Å². The first kappa shape index (κ1) is 11.1. The van der Waals surface area contributed by atoms with Crippen molar-refractivity contribution in [1.29, 1.82) is 0 Å². The topological polar surface area (TPSA) is 46.1 Å². The van der Waals surface area contributed by atoms with Crippen molar-refractivity contribution in [2.24, 2.45) is 0 Å². The van der Waals surface area contributed by atoms with Crippen LogP contribution in [0.1, 0.15) is 29.6 Å². The van der Waals surface area contributed by atoms with E-state index < -0.39 is 0 Å². The van der Waals surface area contributed by atoms with E-state index in [0.29, 0.717) is 0 Å². The number of carbonyl (C=O) groups excluding carboxylic acids is 1. The number of hydrogen-bond donors (Lipinski definition) is 0. The van der Waals surface area contributed by atoms with E-state index in [1.54, 1.807) is 6.20 Å². The summed E-state index contributed by atoms with van der Waals surface area (Å²) in [6.07, 6.45) is 6.73. The Bertz CT molecular complexity index is 576. The van der Waals surface area contributed by atoms with Gasteiger partial charge in [-0.25, -0.2) is 9.97 Å². The van der Waals surface area contributed by atoms with Crippen LogP contribution < -0.4 is 0 Å². The maximum Gasteiger partial charge on any atom is 0.253 e. The minimum Gasteiger partial charge on any atom is -0.339 e. The van der Waals surface area contributed by atoms with Gasteiger partial charge >= 0.3 is 0 Å². The molecule has 18 heavy (non-hydrogen) atoms. The maximum atomic E-state index is 12.3. The van der Waals surface area contributed by atoms with Gasteiger partial charge in [0.15, 0.2) is 0 Å². The average molecular weight is 241 g/mol. The van der Waals surface area contributed by atoms with Gasteiger partial charge in [-0.1, -0.05) is 0 Å². The van der Waals surface area contributed by atoms with Crippen LogP contribution in [0.15, 0.2) is 30.7 Å². The zero-order valence-electron chi connectivity index (χ0n) is 10.2. The molecule has 1 fully saturated rings. The first-order valence-corrected chi connectivity index (χ1v) is 6.34. The molecule has 2 aromatic rings. The van der Waals surface area contributed by atoms with Crippen LogP contribution in [0.5, 0.6) is 0 Å². The summed E-state index contributed by atoms with van der Waals surface area (Å²) in [4.78, 5) is 22.4. The number of likely N-dealkylation sites (tertiary alicyclic amines) is 1. The third kappa shape index (κ3) is 2.06. The van der Waals surface area contributed by atoms with E-state index in [2.05, 4.69) is 9.97 Å². The van der Waals surface area contributed by atoms with Crippen molar-refractivity contribution in [3.8, 4) is 0 Å². The minimum absolute atomic E-state index is 0.125. The number of hydrogen-bond acceptors (Lipinski definition) is 3. The highest BCUT2D eigenvalue weighted by Crippen LogP contribution is 2.16. The van der Waals surface area contributed by atoms with Crippen molar-refractivity contribution >= 4 is 16.8 Å². The SMILES string of the molecule is O=C(c1ccc2ncncc2c1)N1CCCCC1. The molecule has 1 aliphatic heterocycles. The molecule has 1 saturated heterocycles. The van der Waals surface area contributed by atoms with Crippen LogP contribution in [-0.4, -0.2) is 33.9 Å². The first-order chi connectivity index (χ1) is 8.84. The molecule has 0 atom stereocenters. The summed E-state index contributed by atoms with van der Waals surface area (Å²) in [6, 6.07) is 5.62. The Morgan fingerprint density at radius 1 is 1.17 bits per heavy atom. The molecule has 1 aliphatic rings. The Hall–Kier alpha value is -1.97. The first-order valence-electron chi connectivity index (χ1n) is 6.34. The van der Waals surface area contributed by atoms with Gasteiger partial charge in [-0.05, 0) is 37.5 Å². The van der Waals surface area contributed by atoms with Gasteiger partial charge in [0.25, 0.3) is 5.91 Å². The van der Waals surface area contributed by atoms with Crippen molar-refractivity contribution < 1.29 is 4.79 Å². The number of nitrogens with zero attached hydrogens (tertiary/aromatic N) is 3. The van der Waals surface area contributed by atoms with Crippen LogP contribution in [0.25, 0.3) is 10.9 Å². The lowest BCUT2D eigenvalue weighted by atomic mass is 10.1. The number of amides is 1. The van der Waals surface area contributed by atoms with Crippen LogP contribution in [0.4, 0.5) is 0 Å². The molecular formula is C14H15N3O. The van der Waals surface area contributed by atoms with Crippen LogP contribution in [-0.2, 0) is 0 Å². The van der Waals surface area contributed by atoms with E-state index in [1.807, 2.05) is 23.1 Å². The molecule has 0 N–H and O–H groups in total. The molecule has 0 bridgehead atoms. The van der Waals surface area contributed by atoms with Crippen LogP contribution in [0.3, 0.4) is 0 Å². The van der Waals surface area contributed by atoms with Crippen molar-refractivity contribution in [1.82, 2.24) is 14.9 Å². The molecule has 0 saturated carbocycles. The second-order valence-electron chi connectivity index (χ2n) is 4.65. The van der Waals surface area contributed by atoms with Crippen molar-refractivity contribution in [2.45, 2.75) is 19.3 Å². The highest BCUT2D eigenvalue weighted by Gasteiger charge is 2.18. The number of fused-ring (bicyclic) bond motifs is 1. The molecule has 4 nitrogen and oxygen atoms in total. The molecule has 2 heterocycles. The lowest BCUT2D eigenvalue weighted by Crippen LogP contribution is -2.35. The third-order valence-corrected chi connectivity index (χ3v) is 3.39. The zero-order chi connectivity index (χ0) is 12.4. The standard InChI is InChI=1S/C14H15N3O/c18-14(17-6-2-1-3-7-17)11-4-5-13-12(8-11)9-15-10-16-13/h4-5,8-10H,1-3,6-7H2. The molecule has 4 heteroatoms. The van der Waals surface area contributed by atoms with Gasteiger partial charge in [0.1, 0.15) is 6.33 Å². The molecular weight excluding hydrogens is 226 g/mol. The Morgan fingerprint density at radius 2 is 2.00 bits per heavy atom. The fourth-order valence-corrected chi connectivity index (χ4v) is 2.40. The molecule has 92 valence electrons. The largest absolute Gasteiger partial charge is 0.339 e. The van der Waals surface area contributed by atoms with Gasteiger partial charge in [-0.2, -0.15) is 0 Å². The van der Waals surface area contributed by atoms with E-state index in [-0.39, 0.29) is 5.91 Å². The van der Waals surface area contributed by atoms with Crippen molar-refractivity contribution in [3.63, 3.8) is 0 Å². The summed E-state index contributed by atoms with van der Waals surface area (Å²) in [5.41, 5.74) is 1.61. The van der Waals surface area contributed by atoms with E-state index in [9.17, 15) is 4.79 Å². The summed E-state index contributed by atoms with van der Waals surface area (Å²) in [5, 5.41) is 0.917. The summed E-state index contributed by atoms with van der Waals surface area (Å²) in [5.74, 6) is 0.125. The van der Waals surface area contributed by atoms with Gasteiger partial charge in [-0.3, -0.25) is 4.79 Å². The molecule has 0 unspecified atom stereocenters. The van der Waals surface area contributed by atoms with E-state index >= 15 is 0 Å². The zero-order valence-corrected chi connectivity index (χ0v) is 10.2. The Kier molecular flexibility index (Phi) is 2.92. The molecule has 1 aromatic carbocycles. The maximum absolute atomic E-state index is 12.3. The summed E-state index contributed by atoms with van der Waals surface area (Å²) in [7, 11) is 0. The Morgan fingerprint density at radius 3 is 2.83 bits per heavy atom. The predicted molar refractivity (Wildman–Crippen MR) is 69.3 cm³/mol. The van der Waals surface area contributed by atoms with Gasteiger partial charge in [0.2, 0.25) is 0 Å². The molecule has 0 radical (unpaired) electrons. The lowest BCUT2D eigenvalue weighted by molar-refractivity contribution is 0.0724. The second-order valence-corrected chi connectivity index (χ2v) is 4.65. The van der Waals surface area contributed by atoms with Gasteiger partial charge in [-0.15, -0.1) is 0 Å². The Balaban J connectivity index is 1.91. The summed E-state index contributed by atoms with van der Waals surface area (Å²) < 4.78 is 0. The fraction of sp³-hybridized carbons (Fsp3) is 0.357. The molecule has 0 spiro atoms. The predicted octanol–water partition coefficient (Wildman–Crippen LogP) is 2.26. The van der Waals surface area contributed by atoms with E-state index in [0.717, 1.165) is 42.4 Å². The van der Waals surface area contributed by atoms with Crippen molar-refractivity contribution in [3.05, 3.63) is 36.3 Å².